The van der Waals surface area contributed by atoms with Crippen LogP contribution in [-0.2, 0) is 11.3 Å². The van der Waals surface area contributed by atoms with E-state index in [2.05, 4.69) is 0 Å². The first-order valence-corrected chi connectivity index (χ1v) is 5.38. The van der Waals surface area contributed by atoms with Crippen LogP contribution in [0.25, 0.3) is 0 Å². The first-order chi connectivity index (χ1) is 8.12. The molecule has 94 valence electrons. The molecule has 0 heterocycles. The summed E-state index contributed by atoms with van der Waals surface area (Å²) >= 11 is 0. The van der Waals surface area contributed by atoms with E-state index in [9.17, 15) is 4.79 Å². The van der Waals surface area contributed by atoms with E-state index in [4.69, 9.17) is 20.3 Å². The zero-order valence-electron chi connectivity index (χ0n) is 9.97. The first-order valence-electron chi connectivity index (χ1n) is 5.38. The van der Waals surface area contributed by atoms with Crippen molar-refractivity contribution in [2.45, 2.75) is 26.0 Å². The Morgan fingerprint density at radius 3 is 2.65 bits per heavy atom. The average Bonchev–Trinajstić information content (AvgIpc) is 2.35. The van der Waals surface area contributed by atoms with Crippen molar-refractivity contribution in [1.29, 1.82) is 0 Å². The summed E-state index contributed by atoms with van der Waals surface area (Å²) in [6.07, 6.45) is -0.498. The average molecular weight is 239 g/mol. The molecule has 1 rings (SSSR count). The van der Waals surface area contributed by atoms with E-state index in [1.807, 2.05) is 6.07 Å². The second kappa shape index (κ2) is 6.10. The number of methoxy groups -OCH3 is 1. The fraction of sp³-hybridized carbons (Fsp3) is 0.417. The molecule has 0 aromatic heterocycles. The second-order valence-corrected chi connectivity index (χ2v) is 3.54. The van der Waals surface area contributed by atoms with Crippen molar-refractivity contribution in [2.75, 3.05) is 7.11 Å². The fourth-order valence-corrected chi connectivity index (χ4v) is 1.40. The van der Waals surface area contributed by atoms with Crippen LogP contribution in [0.4, 0.5) is 0 Å². The number of benzene rings is 1. The van der Waals surface area contributed by atoms with Crippen molar-refractivity contribution >= 4 is 5.97 Å². The third-order valence-corrected chi connectivity index (χ3v) is 2.38. The smallest absolute Gasteiger partial charge is 0.344 e. The van der Waals surface area contributed by atoms with Crippen molar-refractivity contribution in [3.8, 4) is 11.5 Å². The van der Waals surface area contributed by atoms with Crippen LogP contribution >= 0.6 is 0 Å². The number of nitrogens with two attached hydrogens (primary N) is 1. The van der Waals surface area contributed by atoms with Crippen molar-refractivity contribution in [1.82, 2.24) is 0 Å². The Balaban J connectivity index is 2.97. The van der Waals surface area contributed by atoms with Crippen LogP contribution in [0.15, 0.2) is 18.2 Å². The predicted molar refractivity (Wildman–Crippen MR) is 63.2 cm³/mol. The third-order valence-electron chi connectivity index (χ3n) is 2.38. The van der Waals surface area contributed by atoms with Gasteiger partial charge in [-0.1, -0.05) is 13.0 Å². The van der Waals surface area contributed by atoms with Gasteiger partial charge in [-0.05, 0) is 24.1 Å². The van der Waals surface area contributed by atoms with Crippen LogP contribution in [0.2, 0.25) is 0 Å². The minimum atomic E-state index is -0.993. The molecule has 0 aliphatic carbocycles. The highest BCUT2D eigenvalue weighted by molar-refractivity contribution is 5.72. The predicted octanol–water partition coefficient (Wildman–Crippen LogP) is 1.40. The molecule has 1 unspecified atom stereocenters. The summed E-state index contributed by atoms with van der Waals surface area (Å²) in [6, 6.07) is 5.23. The molecule has 1 aromatic rings. The highest BCUT2D eigenvalue weighted by Gasteiger charge is 2.18. The van der Waals surface area contributed by atoms with Gasteiger partial charge in [-0.15, -0.1) is 0 Å². The molecule has 0 aliphatic rings. The Morgan fingerprint density at radius 2 is 2.18 bits per heavy atom. The lowest BCUT2D eigenvalue weighted by Gasteiger charge is -2.16. The molecule has 0 aliphatic heterocycles. The van der Waals surface area contributed by atoms with Gasteiger partial charge in [-0.3, -0.25) is 0 Å². The number of ether oxygens (including phenoxy) is 2. The van der Waals surface area contributed by atoms with Crippen molar-refractivity contribution < 1.29 is 19.4 Å². The molecule has 17 heavy (non-hydrogen) atoms. The van der Waals surface area contributed by atoms with Gasteiger partial charge in [0.15, 0.2) is 17.6 Å². The van der Waals surface area contributed by atoms with Crippen LogP contribution in [-0.4, -0.2) is 24.3 Å². The molecule has 0 saturated carbocycles. The Labute approximate surface area is 100 Å². The van der Waals surface area contributed by atoms with E-state index < -0.39 is 12.1 Å². The lowest BCUT2D eigenvalue weighted by atomic mass is 10.2. The van der Waals surface area contributed by atoms with Crippen molar-refractivity contribution in [3.63, 3.8) is 0 Å². The molecular formula is C12H17NO4. The summed E-state index contributed by atoms with van der Waals surface area (Å²) in [5.74, 6) is -0.0840. The van der Waals surface area contributed by atoms with Gasteiger partial charge in [0.1, 0.15) is 0 Å². The number of carboxylic acid groups (broad SMARTS) is 1. The molecule has 0 fully saturated rings. The number of rotatable bonds is 6. The van der Waals surface area contributed by atoms with Gasteiger partial charge in [0.2, 0.25) is 0 Å². The van der Waals surface area contributed by atoms with E-state index in [-0.39, 0.29) is 0 Å². The summed E-state index contributed by atoms with van der Waals surface area (Å²) < 4.78 is 10.5. The molecule has 0 saturated heterocycles. The normalized spacial score (nSPS) is 11.9. The van der Waals surface area contributed by atoms with Crippen LogP contribution in [0.5, 0.6) is 11.5 Å². The van der Waals surface area contributed by atoms with E-state index in [0.717, 1.165) is 5.56 Å². The van der Waals surface area contributed by atoms with Gasteiger partial charge < -0.3 is 20.3 Å². The summed E-state index contributed by atoms with van der Waals surface area (Å²) in [5, 5.41) is 8.93. The van der Waals surface area contributed by atoms with Crippen LogP contribution in [0.3, 0.4) is 0 Å². The SMILES string of the molecule is CCC(Oc1cc(CN)ccc1OC)C(=O)O. The molecule has 3 N–H and O–H groups in total. The molecule has 5 heteroatoms. The fourth-order valence-electron chi connectivity index (χ4n) is 1.40. The van der Waals surface area contributed by atoms with Gasteiger partial charge in [-0.25, -0.2) is 4.79 Å². The Hall–Kier alpha value is -1.75. The summed E-state index contributed by atoms with van der Waals surface area (Å²) in [4.78, 5) is 10.9. The van der Waals surface area contributed by atoms with Crippen molar-refractivity contribution in [2.24, 2.45) is 5.73 Å². The van der Waals surface area contributed by atoms with E-state index >= 15 is 0 Å². The zero-order chi connectivity index (χ0) is 12.8. The molecular weight excluding hydrogens is 222 g/mol. The number of carboxylic acids is 1. The molecule has 0 radical (unpaired) electrons. The van der Waals surface area contributed by atoms with Gasteiger partial charge in [0.25, 0.3) is 0 Å². The maximum Gasteiger partial charge on any atom is 0.344 e. The molecule has 0 amide bonds. The van der Waals surface area contributed by atoms with Gasteiger partial charge in [-0.2, -0.15) is 0 Å². The molecule has 0 spiro atoms. The maximum atomic E-state index is 10.9. The minimum Gasteiger partial charge on any atom is -0.493 e. The Morgan fingerprint density at radius 1 is 1.47 bits per heavy atom. The second-order valence-electron chi connectivity index (χ2n) is 3.54. The summed E-state index contributed by atoms with van der Waals surface area (Å²) in [6.45, 7) is 2.11. The Kier molecular flexibility index (Phi) is 4.78. The lowest BCUT2D eigenvalue weighted by molar-refractivity contribution is -0.145. The summed E-state index contributed by atoms with van der Waals surface area (Å²) in [5.41, 5.74) is 6.38. The van der Waals surface area contributed by atoms with Gasteiger partial charge in [0.05, 0.1) is 7.11 Å². The van der Waals surface area contributed by atoms with Crippen LogP contribution in [0.1, 0.15) is 18.9 Å². The number of hydrogen-bond acceptors (Lipinski definition) is 4. The number of aliphatic carboxylic acids is 1. The van der Waals surface area contributed by atoms with Gasteiger partial charge >= 0.3 is 5.97 Å². The quantitative estimate of drug-likeness (QED) is 0.784. The highest BCUT2D eigenvalue weighted by Crippen LogP contribution is 2.29. The van der Waals surface area contributed by atoms with E-state index in [1.165, 1.54) is 7.11 Å². The Bertz CT molecular complexity index is 392. The molecule has 0 bridgehead atoms. The van der Waals surface area contributed by atoms with Crippen LogP contribution in [0, 0.1) is 0 Å². The van der Waals surface area contributed by atoms with Gasteiger partial charge in [0, 0.05) is 6.54 Å². The number of hydrogen-bond donors (Lipinski definition) is 2. The highest BCUT2D eigenvalue weighted by atomic mass is 16.5. The maximum absolute atomic E-state index is 10.9. The molecule has 1 atom stereocenters. The molecule has 1 aromatic carbocycles. The zero-order valence-corrected chi connectivity index (χ0v) is 9.97. The standard InChI is InChI=1S/C12H17NO4/c1-3-9(12(14)15)17-11-6-8(7-13)4-5-10(11)16-2/h4-6,9H,3,7,13H2,1-2H3,(H,14,15). The number of carbonyl (C=O) groups is 1. The monoisotopic (exact) mass is 239 g/mol. The third kappa shape index (κ3) is 3.35. The first kappa shape index (κ1) is 13.3. The minimum absolute atomic E-state index is 0.365. The topological polar surface area (TPSA) is 81.8 Å². The lowest BCUT2D eigenvalue weighted by Crippen LogP contribution is -2.26. The van der Waals surface area contributed by atoms with E-state index in [0.29, 0.717) is 24.5 Å². The molecule has 5 nitrogen and oxygen atoms in total. The summed E-state index contributed by atoms with van der Waals surface area (Å²) in [7, 11) is 1.51. The largest absolute Gasteiger partial charge is 0.493 e. The van der Waals surface area contributed by atoms with Crippen molar-refractivity contribution in [3.05, 3.63) is 23.8 Å². The van der Waals surface area contributed by atoms with Crippen LogP contribution < -0.4 is 15.2 Å². The van der Waals surface area contributed by atoms with E-state index in [1.54, 1.807) is 19.1 Å².